The lowest BCUT2D eigenvalue weighted by molar-refractivity contribution is 0.0924. The molecule has 0 aliphatic heterocycles. The Morgan fingerprint density at radius 3 is 2.71 bits per heavy atom. The molecule has 1 amide bonds. The lowest BCUT2D eigenvalue weighted by atomic mass is 10.1. The van der Waals surface area contributed by atoms with Gasteiger partial charge in [0.15, 0.2) is 0 Å². The van der Waals surface area contributed by atoms with Gasteiger partial charge in [0.25, 0.3) is 5.91 Å². The van der Waals surface area contributed by atoms with Gasteiger partial charge in [-0.25, -0.2) is 0 Å². The van der Waals surface area contributed by atoms with E-state index in [1.165, 1.54) is 6.07 Å². The molecule has 2 aromatic carbocycles. The van der Waals surface area contributed by atoms with Crippen molar-refractivity contribution in [2.75, 3.05) is 13.7 Å². The summed E-state index contributed by atoms with van der Waals surface area (Å²) < 4.78 is 10.9. The molecule has 0 aliphatic rings. The number of hydrogen-bond donors (Lipinski definition) is 2. The topological polar surface area (TPSA) is 88.8 Å². The zero-order valence-electron chi connectivity index (χ0n) is 13.3. The van der Waals surface area contributed by atoms with E-state index in [1.54, 1.807) is 44.4 Å². The molecule has 2 N–H and O–H groups in total. The smallest absolute Gasteiger partial charge is 0.251 e. The summed E-state index contributed by atoms with van der Waals surface area (Å²) in [5, 5.41) is 12.6. The number of aliphatic hydroxyl groups is 1. The number of rotatable bonds is 4. The summed E-state index contributed by atoms with van der Waals surface area (Å²) in [6.45, 7) is 1.72. The SMILES string of the molecule is COc1ccc2c(=O)c3cc(C(=O)NC[C@H](C)O)ccc3oc2c1. The van der Waals surface area contributed by atoms with Gasteiger partial charge in [-0.15, -0.1) is 0 Å². The van der Waals surface area contributed by atoms with Crippen LogP contribution in [0, 0.1) is 0 Å². The molecule has 0 aliphatic carbocycles. The fourth-order valence-electron chi connectivity index (χ4n) is 2.45. The zero-order valence-corrected chi connectivity index (χ0v) is 13.3. The lowest BCUT2D eigenvalue weighted by Crippen LogP contribution is -2.30. The van der Waals surface area contributed by atoms with Gasteiger partial charge in [0, 0.05) is 18.2 Å². The fourth-order valence-corrected chi connectivity index (χ4v) is 2.45. The molecule has 0 fully saturated rings. The van der Waals surface area contributed by atoms with Gasteiger partial charge in [0.2, 0.25) is 5.43 Å². The van der Waals surface area contributed by atoms with Gasteiger partial charge >= 0.3 is 0 Å². The average Bonchev–Trinajstić information content (AvgIpc) is 2.59. The Hall–Kier alpha value is -2.86. The third kappa shape index (κ3) is 2.96. The first-order valence-corrected chi connectivity index (χ1v) is 7.50. The van der Waals surface area contributed by atoms with Gasteiger partial charge < -0.3 is 19.6 Å². The predicted molar refractivity (Wildman–Crippen MR) is 90.6 cm³/mol. The third-order valence-electron chi connectivity index (χ3n) is 3.70. The highest BCUT2D eigenvalue weighted by Crippen LogP contribution is 2.23. The maximum atomic E-state index is 12.7. The van der Waals surface area contributed by atoms with Crippen molar-refractivity contribution in [2.24, 2.45) is 0 Å². The normalized spacial score (nSPS) is 12.3. The van der Waals surface area contributed by atoms with Crippen molar-refractivity contribution < 1.29 is 19.1 Å². The average molecular weight is 327 g/mol. The van der Waals surface area contributed by atoms with Gasteiger partial charge in [0.1, 0.15) is 16.9 Å². The summed E-state index contributed by atoms with van der Waals surface area (Å²) in [4.78, 5) is 24.7. The van der Waals surface area contributed by atoms with Crippen LogP contribution in [-0.2, 0) is 0 Å². The molecule has 1 atom stereocenters. The number of fused-ring (bicyclic) bond motifs is 2. The number of benzene rings is 2. The Kier molecular flexibility index (Phi) is 4.22. The summed E-state index contributed by atoms with van der Waals surface area (Å²) in [7, 11) is 1.54. The molecule has 0 saturated heterocycles. The predicted octanol–water partition coefficient (Wildman–Crippen LogP) is 2.07. The third-order valence-corrected chi connectivity index (χ3v) is 3.70. The van der Waals surface area contributed by atoms with E-state index in [1.807, 2.05) is 0 Å². The lowest BCUT2D eigenvalue weighted by Gasteiger charge is -2.08. The number of hydrogen-bond acceptors (Lipinski definition) is 5. The molecule has 6 nitrogen and oxygen atoms in total. The Morgan fingerprint density at radius 1 is 1.21 bits per heavy atom. The minimum atomic E-state index is -0.640. The van der Waals surface area contributed by atoms with Crippen molar-refractivity contribution in [1.82, 2.24) is 5.32 Å². The summed E-state index contributed by atoms with van der Waals surface area (Å²) in [5.74, 6) is 0.242. The molecule has 0 spiro atoms. The Balaban J connectivity index is 2.09. The number of carbonyl (C=O) groups excluding carboxylic acids is 1. The highest BCUT2D eigenvalue weighted by molar-refractivity contribution is 5.99. The van der Waals surface area contributed by atoms with Crippen molar-refractivity contribution in [3.05, 3.63) is 52.2 Å². The van der Waals surface area contributed by atoms with Crippen LogP contribution in [0.15, 0.2) is 45.6 Å². The molecule has 3 aromatic rings. The van der Waals surface area contributed by atoms with Crippen LogP contribution < -0.4 is 15.5 Å². The number of nitrogens with one attached hydrogen (secondary N) is 1. The molecule has 0 saturated carbocycles. The second kappa shape index (κ2) is 6.33. The van der Waals surface area contributed by atoms with E-state index >= 15 is 0 Å². The number of amides is 1. The van der Waals surface area contributed by atoms with Gasteiger partial charge in [-0.05, 0) is 37.3 Å². The van der Waals surface area contributed by atoms with E-state index in [2.05, 4.69) is 5.32 Å². The van der Waals surface area contributed by atoms with E-state index in [9.17, 15) is 14.7 Å². The minimum absolute atomic E-state index is 0.142. The summed E-state index contributed by atoms with van der Waals surface area (Å²) >= 11 is 0. The molecule has 3 rings (SSSR count). The molecule has 24 heavy (non-hydrogen) atoms. The monoisotopic (exact) mass is 327 g/mol. The van der Waals surface area contributed by atoms with Crippen molar-refractivity contribution in [1.29, 1.82) is 0 Å². The second-order valence-corrected chi connectivity index (χ2v) is 5.56. The van der Waals surface area contributed by atoms with Crippen LogP contribution in [-0.4, -0.2) is 30.8 Å². The first kappa shape index (κ1) is 16.0. The largest absolute Gasteiger partial charge is 0.497 e. The van der Waals surface area contributed by atoms with Crippen LogP contribution >= 0.6 is 0 Å². The summed E-state index contributed by atoms with van der Waals surface area (Å²) in [6, 6.07) is 9.65. The van der Waals surface area contributed by atoms with Crippen LogP contribution in [0.5, 0.6) is 5.75 Å². The van der Waals surface area contributed by atoms with E-state index in [0.29, 0.717) is 33.3 Å². The summed E-state index contributed by atoms with van der Waals surface area (Å²) in [6.07, 6.45) is -0.640. The molecule has 6 heteroatoms. The van der Waals surface area contributed by atoms with Crippen LogP contribution in [0.3, 0.4) is 0 Å². The van der Waals surface area contributed by atoms with Crippen molar-refractivity contribution in [3.63, 3.8) is 0 Å². The number of aliphatic hydroxyl groups excluding tert-OH is 1. The molecule has 1 aromatic heterocycles. The highest BCUT2D eigenvalue weighted by atomic mass is 16.5. The molecule has 124 valence electrons. The van der Waals surface area contributed by atoms with E-state index in [4.69, 9.17) is 9.15 Å². The number of carbonyl (C=O) groups is 1. The Morgan fingerprint density at radius 2 is 2.00 bits per heavy atom. The Labute approximate surface area is 137 Å². The molecule has 0 bridgehead atoms. The molecule has 0 unspecified atom stereocenters. The first-order valence-electron chi connectivity index (χ1n) is 7.50. The number of ether oxygens (including phenoxy) is 1. The van der Waals surface area contributed by atoms with Gasteiger partial charge in [-0.3, -0.25) is 9.59 Å². The quantitative estimate of drug-likeness (QED) is 0.716. The van der Waals surface area contributed by atoms with E-state index in [0.717, 1.165) is 0 Å². The maximum Gasteiger partial charge on any atom is 0.251 e. The molecular weight excluding hydrogens is 310 g/mol. The fraction of sp³-hybridized carbons (Fsp3) is 0.222. The van der Waals surface area contributed by atoms with E-state index < -0.39 is 6.10 Å². The van der Waals surface area contributed by atoms with Crippen molar-refractivity contribution >= 4 is 27.8 Å². The van der Waals surface area contributed by atoms with Crippen LogP contribution in [0.25, 0.3) is 21.9 Å². The second-order valence-electron chi connectivity index (χ2n) is 5.56. The van der Waals surface area contributed by atoms with E-state index in [-0.39, 0.29) is 17.9 Å². The summed E-state index contributed by atoms with van der Waals surface area (Å²) in [5.41, 5.74) is 0.952. The minimum Gasteiger partial charge on any atom is -0.497 e. The van der Waals surface area contributed by atoms with Crippen molar-refractivity contribution in [2.45, 2.75) is 13.0 Å². The maximum absolute atomic E-state index is 12.7. The van der Waals surface area contributed by atoms with Crippen LogP contribution in [0.2, 0.25) is 0 Å². The zero-order chi connectivity index (χ0) is 17.3. The molecule has 1 heterocycles. The van der Waals surface area contributed by atoms with Crippen LogP contribution in [0.4, 0.5) is 0 Å². The highest BCUT2D eigenvalue weighted by Gasteiger charge is 2.12. The van der Waals surface area contributed by atoms with Gasteiger partial charge in [-0.1, -0.05) is 0 Å². The number of methoxy groups -OCH3 is 1. The van der Waals surface area contributed by atoms with Gasteiger partial charge in [0.05, 0.1) is 24.0 Å². The van der Waals surface area contributed by atoms with Crippen LogP contribution in [0.1, 0.15) is 17.3 Å². The van der Waals surface area contributed by atoms with Gasteiger partial charge in [-0.2, -0.15) is 0 Å². The first-order chi connectivity index (χ1) is 11.5. The standard InChI is InChI=1S/C18H17NO5/c1-10(20)9-19-18(22)11-3-6-15-14(7-11)17(21)13-5-4-12(23-2)8-16(13)24-15/h3-8,10,20H,9H2,1-2H3,(H,19,22)/t10-/m0/s1. The van der Waals surface area contributed by atoms with Crippen molar-refractivity contribution in [3.8, 4) is 5.75 Å². The Bertz CT molecular complexity index is 974. The molecular formula is C18H17NO5. The molecule has 0 radical (unpaired) electrons.